The van der Waals surface area contributed by atoms with Gasteiger partial charge in [0.25, 0.3) is 0 Å². The molecule has 6 nitrogen and oxygen atoms in total. The number of carbonyl (C=O) groups is 1. The third-order valence-corrected chi connectivity index (χ3v) is 7.88. The van der Waals surface area contributed by atoms with Gasteiger partial charge in [-0.15, -0.1) is 11.3 Å². The summed E-state index contributed by atoms with van der Waals surface area (Å²) in [6, 6.07) is 3.03. The summed E-state index contributed by atoms with van der Waals surface area (Å²) in [5, 5.41) is 13.5. The van der Waals surface area contributed by atoms with Gasteiger partial charge in [0.1, 0.15) is 11.1 Å². The van der Waals surface area contributed by atoms with Crippen LogP contribution >= 0.6 is 11.3 Å². The van der Waals surface area contributed by atoms with E-state index >= 15 is 0 Å². The summed E-state index contributed by atoms with van der Waals surface area (Å²) < 4.78 is 0. The standard InChI is InChI=1S/C22H33N5OS/c1-25-9-5-6-17(15-25)27-12-10-26(11-13-27)16-21(28)24-22-19(14-23)18-7-3-2-4-8-20(18)29-22/h17H,2-13,15-16H2,1H3,(H,24,28). The number of hydrogen-bond acceptors (Lipinski definition) is 6. The summed E-state index contributed by atoms with van der Waals surface area (Å²) >= 11 is 1.62. The van der Waals surface area contributed by atoms with Gasteiger partial charge in [-0.25, -0.2) is 0 Å². The molecule has 1 atom stereocenters. The number of nitrogens with one attached hydrogen (secondary N) is 1. The van der Waals surface area contributed by atoms with Gasteiger partial charge in [0, 0.05) is 43.6 Å². The summed E-state index contributed by atoms with van der Waals surface area (Å²) in [5.41, 5.74) is 1.91. The van der Waals surface area contributed by atoms with E-state index in [1.54, 1.807) is 11.3 Å². The first kappa shape index (κ1) is 20.8. The van der Waals surface area contributed by atoms with Crippen LogP contribution in [-0.4, -0.2) is 79.5 Å². The minimum atomic E-state index is 0.0174. The highest BCUT2D eigenvalue weighted by molar-refractivity contribution is 7.16. The number of nitrogens with zero attached hydrogens (tertiary/aromatic N) is 4. The zero-order valence-electron chi connectivity index (χ0n) is 17.6. The van der Waals surface area contributed by atoms with Crippen molar-refractivity contribution in [2.45, 2.75) is 51.0 Å². The highest BCUT2D eigenvalue weighted by atomic mass is 32.1. The number of nitriles is 1. The fourth-order valence-corrected chi connectivity index (χ4v) is 6.30. The summed E-state index contributed by atoms with van der Waals surface area (Å²) in [6.45, 7) is 6.78. The summed E-state index contributed by atoms with van der Waals surface area (Å²) in [6.07, 6.45) is 8.17. The number of likely N-dealkylation sites (N-methyl/N-ethyl adjacent to an activating group) is 1. The van der Waals surface area contributed by atoms with Crippen LogP contribution in [0.1, 0.15) is 48.1 Å². The van der Waals surface area contributed by atoms with Crippen molar-refractivity contribution in [3.63, 3.8) is 0 Å². The van der Waals surface area contributed by atoms with Gasteiger partial charge in [-0.05, 0) is 57.7 Å². The van der Waals surface area contributed by atoms with E-state index in [1.165, 1.54) is 49.2 Å². The van der Waals surface area contributed by atoms with Crippen LogP contribution in [0.5, 0.6) is 0 Å². The summed E-state index contributed by atoms with van der Waals surface area (Å²) in [4.78, 5) is 21.3. The van der Waals surface area contributed by atoms with Crippen molar-refractivity contribution in [1.82, 2.24) is 14.7 Å². The second kappa shape index (κ2) is 9.57. The lowest BCUT2D eigenvalue weighted by atomic mass is 10.0. The number of rotatable bonds is 4. The largest absolute Gasteiger partial charge is 0.315 e. The monoisotopic (exact) mass is 415 g/mol. The Morgan fingerprint density at radius 2 is 1.93 bits per heavy atom. The molecule has 1 aliphatic carbocycles. The molecule has 7 heteroatoms. The highest BCUT2D eigenvalue weighted by Crippen LogP contribution is 2.36. The smallest absolute Gasteiger partial charge is 0.239 e. The third kappa shape index (κ3) is 5.00. The van der Waals surface area contributed by atoms with Crippen LogP contribution in [0.4, 0.5) is 5.00 Å². The second-order valence-corrected chi connectivity index (χ2v) is 9.90. The fraction of sp³-hybridized carbons (Fsp3) is 0.727. The molecular formula is C22H33N5OS. The topological polar surface area (TPSA) is 62.6 Å². The van der Waals surface area contributed by atoms with Crippen LogP contribution in [0, 0.1) is 11.3 Å². The number of fused-ring (bicyclic) bond motifs is 1. The number of amides is 1. The van der Waals surface area contributed by atoms with E-state index in [4.69, 9.17) is 0 Å². The molecule has 2 fully saturated rings. The van der Waals surface area contributed by atoms with E-state index in [0.717, 1.165) is 50.4 Å². The number of aryl methyl sites for hydroxylation is 1. The minimum Gasteiger partial charge on any atom is -0.315 e. The number of carbonyl (C=O) groups excluding carboxylic acids is 1. The van der Waals surface area contributed by atoms with Gasteiger partial charge in [0.05, 0.1) is 12.1 Å². The Hall–Kier alpha value is -1.46. The second-order valence-electron chi connectivity index (χ2n) is 8.80. The number of hydrogen-bond donors (Lipinski definition) is 1. The van der Waals surface area contributed by atoms with Crippen LogP contribution in [0.15, 0.2) is 0 Å². The van der Waals surface area contributed by atoms with E-state index in [-0.39, 0.29) is 5.91 Å². The zero-order valence-corrected chi connectivity index (χ0v) is 18.4. The maximum atomic E-state index is 12.7. The molecule has 1 aromatic rings. The molecular weight excluding hydrogens is 382 g/mol. The van der Waals surface area contributed by atoms with E-state index in [0.29, 0.717) is 18.2 Å². The normalized spacial score (nSPS) is 24.5. The molecule has 0 bridgehead atoms. The van der Waals surface area contributed by atoms with Crippen molar-refractivity contribution in [2.75, 3.05) is 58.2 Å². The van der Waals surface area contributed by atoms with Gasteiger partial charge >= 0.3 is 0 Å². The lowest BCUT2D eigenvalue weighted by Crippen LogP contribution is -2.55. The zero-order chi connectivity index (χ0) is 20.2. The molecule has 1 amide bonds. The van der Waals surface area contributed by atoms with Crippen molar-refractivity contribution < 1.29 is 4.79 Å². The van der Waals surface area contributed by atoms with Crippen molar-refractivity contribution in [1.29, 1.82) is 5.26 Å². The van der Waals surface area contributed by atoms with Gasteiger partial charge in [0.2, 0.25) is 5.91 Å². The Labute approximate surface area is 178 Å². The van der Waals surface area contributed by atoms with E-state index in [9.17, 15) is 10.1 Å². The number of piperidine rings is 1. The first-order chi connectivity index (χ1) is 14.1. The van der Waals surface area contributed by atoms with Crippen LogP contribution in [0.3, 0.4) is 0 Å². The molecule has 0 aromatic carbocycles. The van der Waals surface area contributed by atoms with Crippen molar-refractivity contribution >= 4 is 22.2 Å². The molecule has 0 spiro atoms. The maximum absolute atomic E-state index is 12.7. The molecule has 158 valence electrons. The van der Waals surface area contributed by atoms with Crippen molar-refractivity contribution in [2.24, 2.45) is 0 Å². The number of likely N-dealkylation sites (tertiary alicyclic amines) is 1. The molecule has 1 aromatic heterocycles. The molecule has 2 aliphatic heterocycles. The first-order valence-corrected chi connectivity index (χ1v) is 11.9. The number of anilines is 1. The maximum Gasteiger partial charge on any atom is 0.239 e. The van der Waals surface area contributed by atoms with E-state index < -0.39 is 0 Å². The third-order valence-electron chi connectivity index (χ3n) is 6.68. The molecule has 29 heavy (non-hydrogen) atoms. The predicted molar refractivity (Wildman–Crippen MR) is 117 cm³/mol. The molecule has 4 rings (SSSR count). The van der Waals surface area contributed by atoms with Gasteiger partial charge in [-0.1, -0.05) is 6.42 Å². The average Bonchev–Trinajstić information content (AvgIpc) is 2.87. The van der Waals surface area contributed by atoms with Crippen LogP contribution in [0.25, 0.3) is 0 Å². The quantitative estimate of drug-likeness (QED) is 0.766. The van der Waals surface area contributed by atoms with Gasteiger partial charge in [-0.3, -0.25) is 14.6 Å². The SMILES string of the molecule is CN1CCCC(N2CCN(CC(=O)Nc3sc4c(c3C#N)CCCCC4)CC2)C1. The summed E-state index contributed by atoms with van der Waals surface area (Å²) in [7, 11) is 2.21. The molecule has 3 aliphatic rings. The fourth-order valence-electron chi connectivity index (χ4n) is 5.04. The Balaban J connectivity index is 1.29. The van der Waals surface area contributed by atoms with Gasteiger partial charge in [-0.2, -0.15) is 5.26 Å². The molecule has 1 N–H and O–H groups in total. The Morgan fingerprint density at radius 1 is 1.14 bits per heavy atom. The van der Waals surface area contributed by atoms with E-state index in [2.05, 4.69) is 33.1 Å². The van der Waals surface area contributed by atoms with Crippen molar-refractivity contribution in [3.8, 4) is 6.07 Å². The molecule has 0 saturated carbocycles. The van der Waals surface area contributed by atoms with Gasteiger partial charge < -0.3 is 10.2 Å². The van der Waals surface area contributed by atoms with Gasteiger partial charge in [0.15, 0.2) is 0 Å². The molecule has 2 saturated heterocycles. The average molecular weight is 416 g/mol. The first-order valence-electron chi connectivity index (χ1n) is 11.1. The molecule has 0 radical (unpaired) electrons. The molecule has 3 heterocycles. The number of piperazine rings is 1. The summed E-state index contributed by atoms with van der Waals surface area (Å²) in [5.74, 6) is 0.0174. The highest BCUT2D eigenvalue weighted by Gasteiger charge is 2.28. The van der Waals surface area contributed by atoms with E-state index in [1.807, 2.05) is 0 Å². The van der Waals surface area contributed by atoms with Crippen LogP contribution in [-0.2, 0) is 17.6 Å². The minimum absolute atomic E-state index is 0.0174. The lowest BCUT2D eigenvalue weighted by molar-refractivity contribution is -0.117. The van der Waals surface area contributed by atoms with Crippen LogP contribution in [0.2, 0.25) is 0 Å². The van der Waals surface area contributed by atoms with Crippen molar-refractivity contribution in [3.05, 3.63) is 16.0 Å². The lowest BCUT2D eigenvalue weighted by Gasteiger charge is -2.42. The Morgan fingerprint density at radius 3 is 2.69 bits per heavy atom. The predicted octanol–water partition coefficient (Wildman–Crippen LogP) is 2.54. The Kier molecular flexibility index (Phi) is 6.86. The molecule has 1 unspecified atom stereocenters. The Bertz CT molecular complexity index is 762. The number of thiophene rings is 1. The van der Waals surface area contributed by atoms with Crippen LogP contribution < -0.4 is 5.32 Å².